The van der Waals surface area contributed by atoms with Crippen molar-refractivity contribution >= 4 is 11.6 Å². The molecule has 6 nitrogen and oxygen atoms in total. The standard InChI is InChI=1S/C31H34N2O4/c1-22(2)37-26-8-6-7-24(19-26)12-11-23-15-17-33(18-16-23)31(35)21-36-30-10-5-4-9-27(30)28-20-25(32-3)13-14-29(28)34/h4-10,13-14,19-20,22-23,34H,11-12,15-18,21H2,1-2H3. The number of benzene rings is 3. The number of likely N-dealkylation sites (tertiary alicyclic amines) is 1. The van der Waals surface area contributed by atoms with Crippen molar-refractivity contribution in [1.82, 2.24) is 4.90 Å². The van der Waals surface area contributed by atoms with Gasteiger partial charge in [0.25, 0.3) is 5.91 Å². The summed E-state index contributed by atoms with van der Waals surface area (Å²) in [6, 6.07) is 20.3. The number of amides is 1. The minimum atomic E-state index is -0.0619. The summed E-state index contributed by atoms with van der Waals surface area (Å²) in [4.78, 5) is 18.2. The smallest absolute Gasteiger partial charge is 0.260 e. The first-order valence-corrected chi connectivity index (χ1v) is 12.9. The van der Waals surface area contributed by atoms with Crippen LogP contribution < -0.4 is 9.47 Å². The normalized spacial score (nSPS) is 13.8. The van der Waals surface area contributed by atoms with Crippen molar-refractivity contribution < 1.29 is 19.4 Å². The highest BCUT2D eigenvalue weighted by molar-refractivity contribution is 5.80. The van der Waals surface area contributed by atoms with Crippen molar-refractivity contribution in [3.63, 3.8) is 0 Å². The molecule has 3 aromatic carbocycles. The fraction of sp³-hybridized carbons (Fsp3) is 0.355. The monoisotopic (exact) mass is 498 g/mol. The Bertz CT molecular complexity index is 1260. The van der Waals surface area contributed by atoms with Gasteiger partial charge in [0.1, 0.15) is 17.2 Å². The third kappa shape index (κ3) is 7.04. The summed E-state index contributed by atoms with van der Waals surface area (Å²) >= 11 is 0. The summed E-state index contributed by atoms with van der Waals surface area (Å²) in [5, 5.41) is 10.3. The molecule has 6 heteroatoms. The van der Waals surface area contributed by atoms with Crippen molar-refractivity contribution in [2.45, 2.75) is 45.6 Å². The first kappa shape index (κ1) is 26.1. The van der Waals surface area contributed by atoms with E-state index in [-0.39, 0.29) is 24.4 Å². The van der Waals surface area contributed by atoms with Crippen LogP contribution >= 0.6 is 0 Å². The Morgan fingerprint density at radius 2 is 1.84 bits per heavy atom. The van der Waals surface area contributed by atoms with Gasteiger partial charge >= 0.3 is 0 Å². The van der Waals surface area contributed by atoms with Crippen LogP contribution in [0.1, 0.15) is 38.7 Å². The third-order valence-electron chi connectivity index (χ3n) is 6.72. The van der Waals surface area contributed by atoms with E-state index in [1.165, 1.54) is 11.6 Å². The molecular weight excluding hydrogens is 464 g/mol. The summed E-state index contributed by atoms with van der Waals surface area (Å²) in [5.74, 6) is 2.05. The van der Waals surface area contributed by atoms with Gasteiger partial charge in [0, 0.05) is 24.2 Å². The van der Waals surface area contributed by atoms with Crippen LogP contribution in [0.3, 0.4) is 0 Å². The minimum Gasteiger partial charge on any atom is -0.507 e. The Balaban J connectivity index is 1.28. The SMILES string of the molecule is [C-]#[N+]c1ccc(O)c(-c2ccccc2OCC(=O)N2CCC(CCc3cccc(OC(C)C)c3)CC2)c1. The molecule has 37 heavy (non-hydrogen) atoms. The van der Waals surface area contributed by atoms with Crippen LogP contribution in [0.25, 0.3) is 16.0 Å². The molecule has 192 valence electrons. The fourth-order valence-corrected chi connectivity index (χ4v) is 4.74. The van der Waals surface area contributed by atoms with Crippen molar-refractivity contribution in [3.05, 3.63) is 83.7 Å². The number of hydrogen-bond acceptors (Lipinski definition) is 4. The molecule has 4 rings (SSSR count). The molecule has 0 radical (unpaired) electrons. The zero-order chi connectivity index (χ0) is 26.2. The Labute approximate surface area is 219 Å². The Hall–Kier alpha value is -3.98. The highest BCUT2D eigenvalue weighted by Crippen LogP contribution is 2.38. The van der Waals surface area contributed by atoms with Crippen LogP contribution in [0, 0.1) is 12.5 Å². The van der Waals surface area contributed by atoms with E-state index in [0.717, 1.165) is 44.5 Å². The molecule has 0 spiro atoms. The van der Waals surface area contributed by atoms with Crippen molar-refractivity contribution in [1.29, 1.82) is 0 Å². The van der Waals surface area contributed by atoms with Gasteiger partial charge in [-0.25, -0.2) is 4.85 Å². The van der Waals surface area contributed by atoms with E-state index < -0.39 is 0 Å². The third-order valence-corrected chi connectivity index (χ3v) is 6.72. The Morgan fingerprint density at radius 3 is 2.59 bits per heavy atom. The van der Waals surface area contributed by atoms with Crippen LogP contribution in [0.2, 0.25) is 0 Å². The number of nitrogens with zero attached hydrogens (tertiary/aromatic N) is 2. The number of phenolic OH excluding ortho intramolecular Hbond substituents is 1. The van der Waals surface area contributed by atoms with E-state index in [1.807, 2.05) is 43.0 Å². The number of phenols is 1. The van der Waals surface area contributed by atoms with E-state index in [0.29, 0.717) is 28.5 Å². The number of carbonyl (C=O) groups is 1. The van der Waals surface area contributed by atoms with Crippen LogP contribution in [0.15, 0.2) is 66.7 Å². The summed E-state index contributed by atoms with van der Waals surface area (Å²) in [7, 11) is 0. The number of piperidine rings is 1. The fourth-order valence-electron chi connectivity index (χ4n) is 4.74. The number of rotatable bonds is 9. The van der Waals surface area contributed by atoms with Gasteiger partial charge in [0.15, 0.2) is 12.3 Å². The largest absolute Gasteiger partial charge is 0.507 e. The maximum Gasteiger partial charge on any atom is 0.260 e. The number of aryl methyl sites for hydroxylation is 1. The molecule has 1 aliphatic rings. The summed E-state index contributed by atoms with van der Waals surface area (Å²) in [6.45, 7) is 12.7. The maximum atomic E-state index is 12.9. The molecule has 0 unspecified atom stereocenters. The van der Waals surface area contributed by atoms with E-state index >= 15 is 0 Å². The Morgan fingerprint density at radius 1 is 1.05 bits per heavy atom. The van der Waals surface area contributed by atoms with E-state index in [4.69, 9.17) is 16.0 Å². The van der Waals surface area contributed by atoms with Gasteiger partial charge < -0.3 is 19.5 Å². The Kier molecular flexibility index (Phi) is 8.68. The first-order valence-electron chi connectivity index (χ1n) is 12.9. The molecule has 0 aliphatic carbocycles. The lowest BCUT2D eigenvalue weighted by Gasteiger charge is -2.32. The molecule has 3 aromatic rings. The van der Waals surface area contributed by atoms with Crippen LogP contribution in [0.5, 0.6) is 17.2 Å². The number of para-hydroxylation sites is 1. The van der Waals surface area contributed by atoms with Crippen LogP contribution in [-0.4, -0.2) is 41.7 Å². The molecule has 1 saturated heterocycles. The maximum absolute atomic E-state index is 12.9. The van der Waals surface area contributed by atoms with E-state index in [1.54, 1.807) is 18.2 Å². The number of carbonyl (C=O) groups excluding carboxylic acids is 1. The number of ether oxygens (including phenoxy) is 2. The van der Waals surface area contributed by atoms with Crippen molar-refractivity contribution in [2.24, 2.45) is 5.92 Å². The van der Waals surface area contributed by atoms with Gasteiger partial charge in [-0.3, -0.25) is 4.79 Å². The zero-order valence-electron chi connectivity index (χ0n) is 21.5. The molecule has 1 heterocycles. The summed E-state index contributed by atoms with van der Waals surface area (Å²) in [6.07, 6.45) is 4.25. The first-order chi connectivity index (χ1) is 17.9. The zero-order valence-corrected chi connectivity index (χ0v) is 21.5. The highest BCUT2D eigenvalue weighted by Gasteiger charge is 2.23. The molecule has 0 bridgehead atoms. The van der Waals surface area contributed by atoms with Gasteiger partial charge in [-0.1, -0.05) is 36.4 Å². The second-order valence-corrected chi connectivity index (χ2v) is 9.77. The van der Waals surface area contributed by atoms with E-state index in [2.05, 4.69) is 23.0 Å². The molecule has 0 aromatic heterocycles. The number of aromatic hydroxyl groups is 1. The van der Waals surface area contributed by atoms with E-state index in [9.17, 15) is 9.90 Å². The summed E-state index contributed by atoms with van der Waals surface area (Å²) in [5.41, 5.74) is 2.88. The predicted molar refractivity (Wildman–Crippen MR) is 145 cm³/mol. The van der Waals surface area contributed by atoms with Gasteiger partial charge in [0.05, 0.1) is 12.7 Å². The van der Waals surface area contributed by atoms with Crippen LogP contribution in [0.4, 0.5) is 5.69 Å². The second kappa shape index (κ2) is 12.3. The molecule has 0 saturated carbocycles. The lowest BCUT2D eigenvalue weighted by Crippen LogP contribution is -2.41. The molecule has 1 amide bonds. The van der Waals surface area contributed by atoms with Gasteiger partial charge in [-0.05, 0) is 81.3 Å². The molecule has 1 aliphatic heterocycles. The topological polar surface area (TPSA) is 63.4 Å². The minimum absolute atomic E-state index is 0.0362. The van der Waals surface area contributed by atoms with Gasteiger partial charge in [-0.2, -0.15) is 0 Å². The highest BCUT2D eigenvalue weighted by atomic mass is 16.5. The number of hydrogen-bond donors (Lipinski definition) is 1. The quantitative estimate of drug-likeness (QED) is 0.336. The lowest BCUT2D eigenvalue weighted by atomic mass is 9.90. The molecular formula is C31H34N2O4. The van der Waals surface area contributed by atoms with Crippen molar-refractivity contribution in [2.75, 3.05) is 19.7 Å². The average Bonchev–Trinajstić information content (AvgIpc) is 2.91. The molecule has 1 fully saturated rings. The molecule has 0 atom stereocenters. The summed E-state index contributed by atoms with van der Waals surface area (Å²) < 4.78 is 11.7. The van der Waals surface area contributed by atoms with Gasteiger partial charge in [-0.15, -0.1) is 0 Å². The predicted octanol–water partition coefficient (Wildman–Crippen LogP) is 6.65. The van der Waals surface area contributed by atoms with Gasteiger partial charge in [0.2, 0.25) is 0 Å². The molecule has 1 N–H and O–H groups in total. The van der Waals surface area contributed by atoms with Crippen molar-refractivity contribution in [3.8, 4) is 28.4 Å². The van der Waals surface area contributed by atoms with Crippen LogP contribution in [-0.2, 0) is 11.2 Å². The average molecular weight is 499 g/mol. The second-order valence-electron chi connectivity index (χ2n) is 9.77. The lowest BCUT2D eigenvalue weighted by molar-refractivity contribution is -0.134.